The Morgan fingerprint density at radius 3 is 2.78 bits per heavy atom. The second kappa shape index (κ2) is 8.00. The van der Waals surface area contributed by atoms with E-state index >= 15 is 0 Å². The number of H-pyrrole nitrogens is 1. The van der Waals surface area contributed by atoms with Crippen molar-refractivity contribution in [2.24, 2.45) is 0 Å². The summed E-state index contributed by atoms with van der Waals surface area (Å²) in [5.41, 5.74) is 2.71. The highest BCUT2D eigenvalue weighted by Crippen LogP contribution is 2.19. The monoisotopic (exact) mass is 375 g/mol. The summed E-state index contributed by atoms with van der Waals surface area (Å²) in [6.45, 7) is 7.06. The summed E-state index contributed by atoms with van der Waals surface area (Å²) >= 11 is 4.93. The van der Waals surface area contributed by atoms with Gasteiger partial charge in [-0.25, -0.2) is 10.1 Å². The first-order valence-corrected chi connectivity index (χ1v) is 8.25. The van der Waals surface area contributed by atoms with Crippen molar-refractivity contribution in [1.82, 2.24) is 10.3 Å². The number of amides is 1. The van der Waals surface area contributed by atoms with Crippen LogP contribution in [-0.4, -0.2) is 17.4 Å². The van der Waals surface area contributed by atoms with E-state index in [2.05, 4.69) is 20.5 Å². The van der Waals surface area contributed by atoms with Gasteiger partial charge in [0.2, 0.25) is 5.91 Å². The van der Waals surface area contributed by atoms with E-state index in [-0.39, 0.29) is 23.0 Å². The molecular formula is C19H13N5O2S. The fourth-order valence-corrected chi connectivity index (χ4v) is 2.67. The van der Waals surface area contributed by atoms with Crippen molar-refractivity contribution in [3.05, 3.63) is 76.0 Å². The van der Waals surface area contributed by atoms with Crippen molar-refractivity contribution in [1.29, 1.82) is 5.26 Å². The predicted molar refractivity (Wildman–Crippen MR) is 104 cm³/mol. The molecule has 0 fully saturated rings. The summed E-state index contributed by atoms with van der Waals surface area (Å²) < 4.78 is 5.28. The molecule has 0 radical (unpaired) electrons. The number of nitrogens with one attached hydrogen (secondary N) is 3. The van der Waals surface area contributed by atoms with Gasteiger partial charge in [-0.05, 0) is 36.0 Å². The minimum Gasteiger partial charge on any atom is -0.429 e. The molecule has 3 N–H and O–H groups in total. The van der Waals surface area contributed by atoms with E-state index in [1.807, 2.05) is 12.1 Å². The van der Waals surface area contributed by atoms with Gasteiger partial charge in [0.15, 0.2) is 5.58 Å². The number of oxazole rings is 1. The molecule has 1 heterocycles. The number of carbonyl (C=O) groups excluding carboxylic acids is 1. The van der Waals surface area contributed by atoms with Gasteiger partial charge in [-0.3, -0.25) is 4.79 Å². The summed E-state index contributed by atoms with van der Waals surface area (Å²) in [7, 11) is 0. The van der Waals surface area contributed by atoms with Crippen LogP contribution in [0.5, 0.6) is 0 Å². The molecule has 0 unspecified atom stereocenters. The summed E-state index contributed by atoms with van der Waals surface area (Å²) in [6.07, 6.45) is 0. The molecule has 1 aromatic heterocycles. The Kier molecular flexibility index (Phi) is 5.31. The SMILES string of the molecule is [C-]#[N+]/C(C#N)=C(/NCC(=O)Nc1ccc2oc(=S)[nH]c2c1)c1ccccc1. The minimum atomic E-state index is -0.327. The van der Waals surface area contributed by atoms with E-state index in [0.717, 1.165) is 0 Å². The predicted octanol–water partition coefficient (Wildman–Crippen LogP) is 3.83. The van der Waals surface area contributed by atoms with Crippen molar-refractivity contribution < 1.29 is 9.21 Å². The molecule has 0 saturated heterocycles. The third kappa shape index (κ3) is 4.21. The quantitative estimate of drug-likeness (QED) is 0.358. The van der Waals surface area contributed by atoms with Crippen LogP contribution in [-0.2, 0) is 4.79 Å². The fourth-order valence-electron chi connectivity index (χ4n) is 2.47. The van der Waals surface area contributed by atoms with Crippen molar-refractivity contribution in [2.75, 3.05) is 11.9 Å². The third-order valence-electron chi connectivity index (χ3n) is 3.65. The highest BCUT2D eigenvalue weighted by molar-refractivity contribution is 7.71. The molecule has 0 atom stereocenters. The molecule has 0 saturated carbocycles. The number of aromatic amines is 1. The molecule has 8 heteroatoms. The van der Waals surface area contributed by atoms with Crippen molar-refractivity contribution >= 4 is 40.6 Å². The fraction of sp³-hybridized carbons (Fsp3) is 0.0526. The van der Waals surface area contributed by atoms with E-state index in [0.29, 0.717) is 28.0 Å². The Bertz CT molecular complexity index is 1150. The number of anilines is 1. The summed E-state index contributed by atoms with van der Waals surface area (Å²) in [5, 5.41) is 14.8. The van der Waals surface area contributed by atoms with Gasteiger partial charge < -0.3 is 20.0 Å². The number of carbonyl (C=O) groups is 1. The van der Waals surface area contributed by atoms with Crippen molar-refractivity contribution in [3.8, 4) is 6.07 Å². The molecule has 3 aromatic rings. The van der Waals surface area contributed by atoms with E-state index in [9.17, 15) is 10.1 Å². The van der Waals surface area contributed by atoms with Crippen molar-refractivity contribution in [2.45, 2.75) is 0 Å². The number of hydrogen-bond donors (Lipinski definition) is 3. The van der Waals surface area contributed by atoms with E-state index in [1.165, 1.54) is 0 Å². The minimum absolute atomic E-state index is 0.107. The molecule has 27 heavy (non-hydrogen) atoms. The van der Waals surface area contributed by atoms with Crippen LogP contribution in [0.15, 0.2) is 58.6 Å². The smallest absolute Gasteiger partial charge is 0.284 e. The normalized spacial score (nSPS) is 11.2. The van der Waals surface area contributed by atoms with E-state index in [4.69, 9.17) is 23.2 Å². The largest absolute Gasteiger partial charge is 0.429 e. The Morgan fingerprint density at radius 1 is 1.30 bits per heavy atom. The first-order valence-electron chi connectivity index (χ1n) is 7.84. The average Bonchev–Trinajstić information content (AvgIpc) is 3.05. The molecule has 0 spiro atoms. The first kappa shape index (κ1) is 17.9. The lowest BCUT2D eigenvalue weighted by Gasteiger charge is -2.12. The summed E-state index contributed by atoms with van der Waals surface area (Å²) in [6, 6.07) is 15.9. The maximum Gasteiger partial charge on any atom is 0.284 e. The van der Waals surface area contributed by atoms with Gasteiger partial charge in [0.1, 0.15) is 0 Å². The van der Waals surface area contributed by atoms with Crippen LogP contribution in [0.25, 0.3) is 21.6 Å². The lowest BCUT2D eigenvalue weighted by Crippen LogP contribution is -2.27. The molecule has 0 aliphatic carbocycles. The highest BCUT2D eigenvalue weighted by atomic mass is 32.1. The second-order valence-electron chi connectivity index (χ2n) is 5.44. The van der Waals surface area contributed by atoms with Crippen LogP contribution in [0.3, 0.4) is 0 Å². The number of allylic oxidation sites excluding steroid dienone is 1. The topological polar surface area (TPSA) is 98.2 Å². The van der Waals surface area contributed by atoms with Gasteiger partial charge in [0.25, 0.3) is 10.5 Å². The highest BCUT2D eigenvalue weighted by Gasteiger charge is 2.11. The molecular weight excluding hydrogens is 362 g/mol. The summed E-state index contributed by atoms with van der Waals surface area (Å²) in [4.78, 5) is 18.6. The first-order chi connectivity index (χ1) is 13.1. The zero-order chi connectivity index (χ0) is 19.2. The summed E-state index contributed by atoms with van der Waals surface area (Å²) in [5.74, 6) is -0.327. The molecule has 0 aliphatic heterocycles. The zero-order valence-corrected chi connectivity index (χ0v) is 14.8. The van der Waals surface area contributed by atoms with Crippen LogP contribution in [0, 0.1) is 22.7 Å². The van der Waals surface area contributed by atoms with Gasteiger partial charge in [-0.2, -0.15) is 0 Å². The molecule has 3 rings (SSSR count). The van der Waals surface area contributed by atoms with Crippen LogP contribution >= 0.6 is 12.2 Å². The van der Waals surface area contributed by atoms with Crippen molar-refractivity contribution in [3.63, 3.8) is 0 Å². The number of rotatable bonds is 5. The van der Waals surface area contributed by atoms with Crippen LogP contribution < -0.4 is 10.6 Å². The number of nitrogens with zero attached hydrogens (tertiary/aromatic N) is 2. The zero-order valence-electron chi connectivity index (χ0n) is 13.9. The maximum absolute atomic E-state index is 12.3. The van der Waals surface area contributed by atoms with Gasteiger partial charge in [0, 0.05) is 5.69 Å². The van der Waals surface area contributed by atoms with Gasteiger partial charge in [0.05, 0.1) is 30.4 Å². The van der Waals surface area contributed by atoms with Gasteiger partial charge in [-0.15, -0.1) is 0 Å². The standard InChI is InChI=1S/C19H13N5O2S/c1-21-15(10-20)18(12-5-3-2-4-6-12)22-11-17(25)23-13-7-8-16-14(9-13)24-19(27)26-16/h2-9,22H,11H2,(H,23,25)(H,24,27)/b18-15+. The molecule has 0 aliphatic rings. The Hall–Kier alpha value is -3.88. The Labute approximate surface area is 159 Å². The number of aromatic nitrogens is 1. The Balaban J connectivity index is 1.74. The van der Waals surface area contributed by atoms with Crippen LogP contribution in [0.1, 0.15) is 5.56 Å². The maximum atomic E-state index is 12.3. The average molecular weight is 375 g/mol. The number of hydrogen-bond acceptors (Lipinski definition) is 5. The Morgan fingerprint density at radius 2 is 2.07 bits per heavy atom. The second-order valence-corrected chi connectivity index (χ2v) is 5.81. The third-order valence-corrected chi connectivity index (χ3v) is 3.83. The number of benzene rings is 2. The lowest BCUT2D eigenvalue weighted by molar-refractivity contribution is -0.115. The molecule has 0 bridgehead atoms. The van der Waals surface area contributed by atoms with Crippen LogP contribution in [0.4, 0.5) is 5.69 Å². The number of fused-ring (bicyclic) bond motifs is 1. The molecule has 132 valence electrons. The molecule has 2 aromatic carbocycles. The van der Waals surface area contributed by atoms with E-state index in [1.54, 1.807) is 42.5 Å². The van der Waals surface area contributed by atoms with E-state index < -0.39 is 0 Å². The number of nitriles is 1. The lowest BCUT2D eigenvalue weighted by atomic mass is 10.1. The van der Waals surface area contributed by atoms with Gasteiger partial charge >= 0.3 is 0 Å². The van der Waals surface area contributed by atoms with Gasteiger partial charge in [-0.1, -0.05) is 30.3 Å². The molecule has 7 nitrogen and oxygen atoms in total. The molecule has 1 amide bonds. The van der Waals surface area contributed by atoms with Crippen LogP contribution in [0.2, 0.25) is 0 Å².